The van der Waals surface area contributed by atoms with Gasteiger partial charge in [0.2, 0.25) is 5.91 Å². The van der Waals surface area contributed by atoms with E-state index in [4.69, 9.17) is 0 Å². The number of hydrogen-bond donors (Lipinski definition) is 0. The summed E-state index contributed by atoms with van der Waals surface area (Å²) in [6.07, 6.45) is 8.36. The zero-order chi connectivity index (χ0) is 12.2. The van der Waals surface area contributed by atoms with E-state index in [9.17, 15) is 4.79 Å². The van der Waals surface area contributed by atoms with Gasteiger partial charge in [-0.1, -0.05) is 39.3 Å². The fourth-order valence-electron chi connectivity index (χ4n) is 2.34. The Morgan fingerprint density at radius 3 is 2.50 bits per heavy atom. The molecule has 1 aliphatic rings. The number of carbonyl (C=O) groups excluding carboxylic acids is 1. The topological polar surface area (TPSA) is 20.3 Å². The summed E-state index contributed by atoms with van der Waals surface area (Å²) >= 11 is 0. The van der Waals surface area contributed by atoms with Crippen LogP contribution in [0.3, 0.4) is 0 Å². The smallest absolute Gasteiger partial charge is 0.223 e. The summed E-state index contributed by atoms with van der Waals surface area (Å²) in [5, 5.41) is 0. The Morgan fingerprint density at radius 2 is 1.94 bits per heavy atom. The molecule has 0 spiro atoms. The molecule has 1 fully saturated rings. The Hall–Kier alpha value is -0.790. The van der Waals surface area contributed by atoms with Gasteiger partial charge in [-0.15, -0.1) is 0 Å². The minimum atomic E-state index is 0.118. The van der Waals surface area contributed by atoms with Crippen LogP contribution in [-0.4, -0.2) is 23.4 Å². The van der Waals surface area contributed by atoms with Gasteiger partial charge in [0.05, 0.1) is 6.04 Å². The highest BCUT2D eigenvalue weighted by atomic mass is 16.2. The first-order valence-corrected chi connectivity index (χ1v) is 6.39. The number of allylic oxidation sites excluding steroid dienone is 1. The van der Waals surface area contributed by atoms with E-state index in [0.29, 0.717) is 5.91 Å². The monoisotopic (exact) mass is 223 g/mol. The van der Waals surface area contributed by atoms with Crippen LogP contribution in [0.15, 0.2) is 12.2 Å². The summed E-state index contributed by atoms with van der Waals surface area (Å²) in [5.74, 6) is 0.329. The Bertz CT molecular complexity index is 262. The van der Waals surface area contributed by atoms with Gasteiger partial charge < -0.3 is 4.90 Å². The Morgan fingerprint density at radius 1 is 1.25 bits per heavy atom. The van der Waals surface area contributed by atoms with E-state index < -0.39 is 0 Å². The van der Waals surface area contributed by atoms with Gasteiger partial charge in [-0.25, -0.2) is 0 Å². The molecule has 1 heterocycles. The maximum atomic E-state index is 12.1. The van der Waals surface area contributed by atoms with Gasteiger partial charge in [0.1, 0.15) is 0 Å². The summed E-state index contributed by atoms with van der Waals surface area (Å²) in [6.45, 7) is 9.56. The molecular formula is C14H25NO. The number of amides is 1. The van der Waals surface area contributed by atoms with E-state index in [1.54, 1.807) is 0 Å². The second-order valence-corrected chi connectivity index (χ2v) is 5.73. The Balaban J connectivity index is 2.87. The third-order valence-corrected chi connectivity index (χ3v) is 3.21. The lowest BCUT2D eigenvalue weighted by Gasteiger charge is -2.38. The standard InChI is InChI=1S/C14H25NO/c1-5-9-12(14(2,3)4)15-11-8-6-7-10-13(15)16/h5,9,12H,6-8,10-11H2,1-4H3. The van der Waals surface area contributed by atoms with Crippen molar-refractivity contribution in [2.45, 2.75) is 59.4 Å². The van der Waals surface area contributed by atoms with Gasteiger partial charge >= 0.3 is 0 Å². The number of nitrogens with zero attached hydrogens (tertiary/aromatic N) is 1. The van der Waals surface area contributed by atoms with Crippen LogP contribution in [0.25, 0.3) is 0 Å². The quantitative estimate of drug-likeness (QED) is 0.657. The molecule has 0 aromatic rings. The van der Waals surface area contributed by atoms with Crippen LogP contribution in [0.4, 0.5) is 0 Å². The SMILES string of the molecule is CC=CC(N1CCCCCC1=O)C(C)(C)C. The summed E-state index contributed by atoms with van der Waals surface area (Å²) < 4.78 is 0. The van der Waals surface area contributed by atoms with Crippen molar-refractivity contribution >= 4 is 5.91 Å². The number of carbonyl (C=O) groups is 1. The van der Waals surface area contributed by atoms with E-state index in [0.717, 1.165) is 25.8 Å². The molecule has 2 nitrogen and oxygen atoms in total. The maximum Gasteiger partial charge on any atom is 0.223 e. The van der Waals surface area contributed by atoms with Gasteiger partial charge in [-0.2, -0.15) is 0 Å². The largest absolute Gasteiger partial charge is 0.336 e. The zero-order valence-electron chi connectivity index (χ0n) is 11.1. The van der Waals surface area contributed by atoms with E-state index in [1.807, 2.05) is 6.92 Å². The first-order valence-electron chi connectivity index (χ1n) is 6.39. The lowest BCUT2D eigenvalue weighted by atomic mass is 9.85. The van der Waals surface area contributed by atoms with Crippen LogP contribution in [-0.2, 0) is 4.79 Å². The highest BCUT2D eigenvalue weighted by molar-refractivity contribution is 5.77. The van der Waals surface area contributed by atoms with Crippen molar-refractivity contribution in [2.75, 3.05) is 6.54 Å². The predicted octanol–water partition coefficient (Wildman–Crippen LogP) is 3.38. The first-order chi connectivity index (χ1) is 7.46. The van der Waals surface area contributed by atoms with Gasteiger partial charge in [0.15, 0.2) is 0 Å². The second-order valence-electron chi connectivity index (χ2n) is 5.73. The van der Waals surface area contributed by atoms with Crippen LogP contribution in [0.2, 0.25) is 0 Å². The molecule has 2 heteroatoms. The van der Waals surface area contributed by atoms with Gasteiger partial charge in [-0.05, 0) is 25.2 Å². The number of likely N-dealkylation sites (tertiary alicyclic amines) is 1. The van der Waals surface area contributed by atoms with Crippen molar-refractivity contribution < 1.29 is 4.79 Å². The summed E-state index contributed by atoms with van der Waals surface area (Å²) in [5.41, 5.74) is 0.118. The van der Waals surface area contributed by atoms with Crippen molar-refractivity contribution in [3.63, 3.8) is 0 Å². The molecule has 0 bridgehead atoms. The highest BCUT2D eigenvalue weighted by Crippen LogP contribution is 2.28. The zero-order valence-corrected chi connectivity index (χ0v) is 11.1. The van der Waals surface area contributed by atoms with Crippen LogP contribution in [0.1, 0.15) is 53.4 Å². The molecule has 0 aromatic carbocycles. The molecule has 0 N–H and O–H groups in total. The Kier molecular flexibility index (Phi) is 4.57. The highest BCUT2D eigenvalue weighted by Gasteiger charge is 2.31. The number of hydrogen-bond acceptors (Lipinski definition) is 1. The van der Waals surface area contributed by atoms with E-state index in [1.165, 1.54) is 6.42 Å². The molecule has 0 radical (unpaired) electrons. The van der Waals surface area contributed by atoms with Crippen molar-refractivity contribution in [1.29, 1.82) is 0 Å². The molecule has 1 amide bonds. The van der Waals surface area contributed by atoms with Gasteiger partial charge in [0, 0.05) is 13.0 Å². The van der Waals surface area contributed by atoms with E-state index in [-0.39, 0.29) is 11.5 Å². The van der Waals surface area contributed by atoms with Crippen LogP contribution >= 0.6 is 0 Å². The molecule has 92 valence electrons. The molecule has 16 heavy (non-hydrogen) atoms. The molecule has 1 aliphatic heterocycles. The normalized spacial score (nSPS) is 21.2. The lowest BCUT2D eigenvalue weighted by molar-refractivity contribution is -0.133. The molecule has 0 saturated carbocycles. The third-order valence-electron chi connectivity index (χ3n) is 3.21. The van der Waals surface area contributed by atoms with Crippen LogP contribution in [0, 0.1) is 5.41 Å². The van der Waals surface area contributed by atoms with Crippen LogP contribution in [0.5, 0.6) is 0 Å². The van der Waals surface area contributed by atoms with Crippen LogP contribution < -0.4 is 0 Å². The van der Waals surface area contributed by atoms with E-state index in [2.05, 4.69) is 37.8 Å². The summed E-state index contributed by atoms with van der Waals surface area (Å²) in [7, 11) is 0. The molecular weight excluding hydrogens is 198 g/mol. The second kappa shape index (κ2) is 5.51. The van der Waals surface area contributed by atoms with E-state index >= 15 is 0 Å². The minimum Gasteiger partial charge on any atom is -0.336 e. The molecule has 1 unspecified atom stereocenters. The van der Waals surface area contributed by atoms with Crippen molar-refractivity contribution in [3.8, 4) is 0 Å². The van der Waals surface area contributed by atoms with Crippen molar-refractivity contribution in [3.05, 3.63) is 12.2 Å². The number of rotatable bonds is 2. The maximum absolute atomic E-state index is 12.1. The molecule has 1 atom stereocenters. The fourth-order valence-corrected chi connectivity index (χ4v) is 2.34. The average molecular weight is 223 g/mol. The van der Waals surface area contributed by atoms with Gasteiger partial charge in [0.25, 0.3) is 0 Å². The molecule has 0 aliphatic carbocycles. The minimum absolute atomic E-state index is 0.118. The first kappa shape index (κ1) is 13.3. The van der Waals surface area contributed by atoms with Crippen molar-refractivity contribution in [2.24, 2.45) is 5.41 Å². The predicted molar refractivity (Wildman–Crippen MR) is 68.2 cm³/mol. The molecule has 0 aromatic heterocycles. The average Bonchev–Trinajstić information content (AvgIpc) is 2.38. The Labute approximate surface area is 99.7 Å². The summed E-state index contributed by atoms with van der Waals surface area (Å²) in [6, 6.07) is 0.239. The molecule has 1 rings (SSSR count). The third kappa shape index (κ3) is 3.36. The fraction of sp³-hybridized carbons (Fsp3) is 0.786. The van der Waals surface area contributed by atoms with Gasteiger partial charge in [-0.3, -0.25) is 4.79 Å². The lowest BCUT2D eigenvalue weighted by Crippen LogP contribution is -2.46. The molecule has 1 saturated heterocycles. The summed E-state index contributed by atoms with van der Waals surface area (Å²) in [4.78, 5) is 14.1. The van der Waals surface area contributed by atoms with Crippen molar-refractivity contribution in [1.82, 2.24) is 4.90 Å².